The van der Waals surface area contributed by atoms with Crippen molar-refractivity contribution in [1.29, 1.82) is 0 Å². The summed E-state index contributed by atoms with van der Waals surface area (Å²) in [5.41, 5.74) is 1.81. The van der Waals surface area contributed by atoms with Gasteiger partial charge in [0.05, 0.1) is 5.75 Å². The minimum absolute atomic E-state index is 0.00000987. The van der Waals surface area contributed by atoms with E-state index in [4.69, 9.17) is 4.74 Å². The number of hydrogen-bond acceptors (Lipinski definition) is 8. The Morgan fingerprint density at radius 1 is 1.27 bits per heavy atom. The molecule has 1 aliphatic carbocycles. The first kappa shape index (κ1) is 18.6. The fourth-order valence-corrected chi connectivity index (χ4v) is 3.62. The number of thioether (sulfide) groups is 1. The Morgan fingerprint density at radius 2 is 1.96 bits per heavy atom. The Morgan fingerprint density at radius 3 is 2.58 bits per heavy atom. The molecule has 0 aromatic carbocycles. The smallest absolute Gasteiger partial charge is 0.317 e. The molecule has 9 nitrogen and oxygen atoms in total. The van der Waals surface area contributed by atoms with Crippen LogP contribution < -0.4 is 10.1 Å². The Bertz CT molecular complexity index is 739. The van der Waals surface area contributed by atoms with Gasteiger partial charge in [-0.15, -0.1) is 5.10 Å². The second-order valence-electron chi connectivity index (χ2n) is 6.47. The van der Waals surface area contributed by atoms with Gasteiger partial charge in [0.1, 0.15) is 6.10 Å². The molecule has 0 unspecified atom stereocenters. The van der Waals surface area contributed by atoms with E-state index in [2.05, 4.69) is 30.8 Å². The highest BCUT2D eigenvalue weighted by molar-refractivity contribution is 7.99. The molecule has 0 atom stereocenters. The number of hydrogen-bond donors (Lipinski definition) is 1. The summed E-state index contributed by atoms with van der Waals surface area (Å²) in [4.78, 5) is 20.8. The summed E-state index contributed by atoms with van der Waals surface area (Å²) in [6.45, 7) is 3.87. The van der Waals surface area contributed by atoms with Crippen molar-refractivity contribution < 1.29 is 9.53 Å². The summed E-state index contributed by atoms with van der Waals surface area (Å²) in [5, 5.41) is 14.9. The second-order valence-corrected chi connectivity index (χ2v) is 7.41. The SMILES string of the molecule is Cc1cc(C)nc(OC2CCC(NC(=O)CSc3nnnn3C)CC2)n1. The van der Waals surface area contributed by atoms with E-state index < -0.39 is 0 Å². The maximum Gasteiger partial charge on any atom is 0.317 e. The molecule has 3 rings (SSSR count). The van der Waals surface area contributed by atoms with Gasteiger partial charge in [0.25, 0.3) is 0 Å². The molecule has 10 heteroatoms. The monoisotopic (exact) mass is 377 g/mol. The largest absolute Gasteiger partial charge is 0.460 e. The Hall–Kier alpha value is -2.23. The molecule has 0 radical (unpaired) electrons. The van der Waals surface area contributed by atoms with E-state index in [0.29, 0.717) is 16.9 Å². The van der Waals surface area contributed by atoms with Crippen molar-refractivity contribution in [3.05, 3.63) is 17.5 Å². The molecule has 140 valence electrons. The number of carbonyl (C=O) groups excluding carboxylic acids is 1. The van der Waals surface area contributed by atoms with E-state index in [1.54, 1.807) is 11.7 Å². The standard InChI is InChI=1S/C16H23N7O2S/c1-10-8-11(2)18-15(17-10)25-13-6-4-12(5-7-13)19-14(24)9-26-16-20-21-22-23(16)3/h8,12-13H,4-7,9H2,1-3H3,(H,19,24). The number of ether oxygens (including phenoxy) is 1. The zero-order valence-electron chi connectivity index (χ0n) is 15.2. The number of amides is 1. The van der Waals surface area contributed by atoms with E-state index in [9.17, 15) is 4.79 Å². The van der Waals surface area contributed by atoms with E-state index in [0.717, 1.165) is 37.1 Å². The highest BCUT2D eigenvalue weighted by Gasteiger charge is 2.24. The third kappa shape index (κ3) is 5.13. The molecule has 0 bridgehead atoms. The van der Waals surface area contributed by atoms with Crippen molar-refractivity contribution in [2.75, 3.05) is 5.75 Å². The maximum absolute atomic E-state index is 12.1. The van der Waals surface area contributed by atoms with Crippen LogP contribution in [0.5, 0.6) is 6.01 Å². The van der Waals surface area contributed by atoms with Gasteiger partial charge in [0.2, 0.25) is 11.1 Å². The van der Waals surface area contributed by atoms with Gasteiger partial charge in [-0.25, -0.2) is 14.6 Å². The summed E-state index contributed by atoms with van der Waals surface area (Å²) in [6.07, 6.45) is 3.63. The number of aromatic nitrogens is 6. The van der Waals surface area contributed by atoms with Crippen LogP contribution in [0.1, 0.15) is 37.1 Å². The van der Waals surface area contributed by atoms with Gasteiger partial charge in [-0.05, 0) is 56.0 Å². The number of nitrogens with zero attached hydrogens (tertiary/aromatic N) is 6. The van der Waals surface area contributed by atoms with Crippen molar-refractivity contribution in [3.8, 4) is 6.01 Å². The molecule has 1 saturated carbocycles. The molecule has 0 spiro atoms. The predicted octanol–water partition coefficient (Wildman–Crippen LogP) is 1.22. The van der Waals surface area contributed by atoms with Crippen LogP contribution in [0.15, 0.2) is 11.2 Å². The summed E-state index contributed by atoms with van der Waals surface area (Å²) in [5.74, 6) is 0.307. The van der Waals surface area contributed by atoms with Gasteiger partial charge in [-0.2, -0.15) is 0 Å². The van der Waals surface area contributed by atoms with Crippen molar-refractivity contribution in [2.24, 2.45) is 7.05 Å². The lowest BCUT2D eigenvalue weighted by Crippen LogP contribution is -2.40. The van der Waals surface area contributed by atoms with E-state index in [-0.39, 0.29) is 18.1 Å². The van der Waals surface area contributed by atoms with Gasteiger partial charge < -0.3 is 10.1 Å². The van der Waals surface area contributed by atoms with E-state index in [1.807, 2.05) is 19.9 Å². The molecule has 0 saturated heterocycles. The lowest BCUT2D eigenvalue weighted by Gasteiger charge is -2.28. The lowest BCUT2D eigenvalue weighted by molar-refractivity contribution is -0.119. The predicted molar refractivity (Wildman–Crippen MR) is 95.8 cm³/mol. The molecular weight excluding hydrogens is 354 g/mol. The molecule has 2 aromatic heterocycles. The van der Waals surface area contributed by atoms with Crippen molar-refractivity contribution >= 4 is 17.7 Å². The van der Waals surface area contributed by atoms with Gasteiger partial charge in [0, 0.05) is 24.5 Å². The van der Waals surface area contributed by atoms with Crippen LogP contribution in [0, 0.1) is 13.8 Å². The first-order chi connectivity index (χ1) is 12.5. The Kier molecular flexibility index (Phi) is 6.02. The minimum Gasteiger partial charge on any atom is -0.460 e. The van der Waals surface area contributed by atoms with Gasteiger partial charge >= 0.3 is 6.01 Å². The van der Waals surface area contributed by atoms with Crippen LogP contribution in [-0.2, 0) is 11.8 Å². The van der Waals surface area contributed by atoms with Gasteiger partial charge in [-0.3, -0.25) is 4.79 Å². The van der Waals surface area contributed by atoms with Gasteiger partial charge in [0.15, 0.2) is 0 Å². The van der Waals surface area contributed by atoms with Crippen LogP contribution in [0.4, 0.5) is 0 Å². The van der Waals surface area contributed by atoms with Crippen LogP contribution in [0.2, 0.25) is 0 Å². The second kappa shape index (κ2) is 8.43. The lowest BCUT2D eigenvalue weighted by atomic mass is 9.93. The molecule has 2 heterocycles. The number of tetrazole rings is 1. The van der Waals surface area contributed by atoms with Crippen LogP contribution in [0.25, 0.3) is 0 Å². The average molecular weight is 377 g/mol. The molecule has 1 N–H and O–H groups in total. The molecule has 0 aliphatic heterocycles. The molecular formula is C16H23N7O2S. The normalized spacial score (nSPS) is 20.0. The molecule has 2 aromatic rings. The Balaban J connectivity index is 1.40. The molecule has 1 amide bonds. The fourth-order valence-electron chi connectivity index (χ4n) is 2.96. The van der Waals surface area contributed by atoms with Crippen molar-refractivity contribution in [1.82, 2.24) is 35.5 Å². The third-order valence-corrected chi connectivity index (χ3v) is 5.20. The summed E-state index contributed by atoms with van der Waals surface area (Å²) >= 11 is 1.33. The summed E-state index contributed by atoms with van der Waals surface area (Å²) in [6, 6.07) is 2.55. The molecule has 26 heavy (non-hydrogen) atoms. The quantitative estimate of drug-likeness (QED) is 0.749. The van der Waals surface area contributed by atoms with Gasteiger partial charge in [-0.1, -0.05) is 11.8 Å². The highest BCUT2D eigenvalue weighted by Crippen LogP contribution is 2.23. The highest BCUT2D eigenvalue weighted by atomic mass is 32.2. The first-order valence-corrected chi connectivity index (χ1v) is 9.61. The average Bonchev–Trinajstić information content (AvgIpc) is 2.99. The minimum atomic E-state index is 0.00000987. The van der Waals surface area contributed by atoms with Crippen molar-refractivity contribution in [3.63, 3.8) is 0 Å². The van der Waals surface area contributed by atoms with E-state index >= 15 is 0 Å². The third-order valence-electron chi connectivity index (χ3n) is 4.19. The van der Waals surface area contributed by atoms with Crippen LogP contribution in [0.3, 0.4) is 0 Å². The summed E-state index contributed by atoms with van der Waals surface area (Å²) in [7, 11) is 1.75. The number of carbonyl (C=O) groups is 1. The fraction of sp³-hybridized carbons (Fsp3) is 0.625. The topological polar surface area (TPSA) is 108 Å². The van der Waals surface area contributed by atoms with E-state index in [1.165, 1.54) is 11.8 Å². The number of rotatable bonds is 6. The Labute approximate surface area is 156 Å². The summed E-state index contributed by atoms with van der Waals surface area (Å²) < 4.78 is 7.47. The zero-order chi connectivity index (χ0) is 18.5. The number of aryl methyl sites for hydroxylation is 3. The zero-order valence-corrected chi connectivity index (χ0v) is 16.0. The van der Waals surface area contributed by atoms with Crippen molar-refractivity contribution in [2.45, 2.75) is 56.8 Å². The van der Waals surface area contributed by atoms with Crippen LogP contribution in [-0.4, -0.2) is 54.0 Å². The first-order valence-electron chi connectivity index (χ1n) is 8.63. The maximum atomic E-state index is 12.1. The molecule has 1 aliphatic rings. The number of nitrogens with one attached hydrogen (secondary N) is 1. The van der Waals surface area contributed by atoms with Crippen LogP contribution >= 0.6 is 11.8 Å². The molecule has 1 fully saturated rings.